The van der Waals surface area contributed by atoms with E-state index in [4.69, 9.17) is 21.3 Å². The predicted octanol–water partition coefficient (Wildman–Crippen LogP) is 3.36. The highest BCUT2D eigenvalue weighted by Crippen LogP contribution is 2.27. The summed E-state index contributed by atoms with van der Waals surface area (Å²) >= 11 is 7.74. The maximum absolute atomic E-state index is 6.04. The van der Waals surface area contributed by atoms with E-state index in [-0.39, 0.29) is 0 Å². The first-order chi connectivity index (χ1) is 10.5. The van der Waals surface area contributed by atoms with Crippen molar-refractivity contribution in [1.29, 1.82) is 0 Å². The number of rotatable bonds is 5. The molecule has 5 nitrogen and oxygen atoms in total. The van der Waals surface area contributed by atoms with Gasteiger partial charge in [-0.1, -0.05) is 23.4 Å². The molecule has 1 fully saturated rings. The lowest BCUT2D eigenvalue weighted by Crippen LogP contribution is -2.16. The summed E-state index contributed by atoms with van der Waals surface area (Å²) in [5, 5.41) is 6.08. The molecule has 0 spiro atoms. The molecule has 2 aromatic rings. The molecular weight excluding hydrogens is 320 g/mol. The third-order valence-corrected chi connectivity index (χ3v) is 5.42. The quantitative estimate of drug-likeness (QED) is 0.783. The highest BCUT2D eigenvalue weighted by atomic mass is 35.5. The summed E-state index contributed by atoms with van der Waals surface area (Å²) in [5.74, 6) is 0.766. The highest BCUT2D eigenvalue weighted by molar-refractivity contribution is 7.98. The molecule has 7 heteroatoms. The van der Waals surface area contributed by atoms with Gasteiger partial charge in [-0.3, -0.25) is 4.68 Å². The zero-order chi connectivity index (χ0) is 15.7. The summed E-state index contributed by atoms with van der Waals surface area (Å²) in [7, 11) is 1.85. The Morgan fingerprint density at radius 2 is 2.27 bits per heavy atom. The molecule has 3 rings (SSSR count). The summed E-state index contributed by atoms with van der Waals surface area (Å²) < 4.78 is 9.73. The third-order valence-electron chi connectivity index (χ3n) is 4.06. The minimum Gasteiger partial charge on any atom is -0.376 e. The highest BCUT2D eigenvalue weighted by Gasteiger charge is 2.20. The van der Waals surface area contributed by atoms with Crippen LogP contribution in [0.2, 0.25) is 5.15 Å². The van der Waals surface area contributed by atoms with Gasteiger partial charge in [-0.15, -0.1) is 0 Å². The molecule has 0 saturated carbocycles. The van der Waals surface area contributed by atoms with E-state index in [1.807, 2.05) is 13.1 Å². The van der Waals surface area contributed by atoms with Gasteiger partial charge in [0.2, 0.25) is 0 Å². The second-order valence-electron chi connectivity index (χ2n) is 5.68. The van der Waals surface area contributed by atoms with Crippen LogP contribution in [0.15, 0.2) is 11.2 Å². The third kappa shape index (κ3) is 3.34. The van der Waals surface area contributed by atoms with Gasteiger partial charge in [0.1, 0.15) is 5.15 Å². The van der Waals surface area contributed by atoms with Crippen molar-refractivity contribution < 1.29 is 4.74 Å². The minimum atomic E-state index is 0.316. The van der Waals surface area contributed by atoms with Crippen LogP contribution in [-0.4, -0.2) is 32.0 Å². The van der Waals surface area contributed by atoms with Crippen molar-refractivity contribution in [2.75, 3.05) is 6.61 Å². The van der Waals surface area contributed by atoms with E-state index in [0.717, 1.165) is 48.3 Å². The van der Waals surface area contributed by atoms with Crippen LogP contribution in [0.3, 0.4) is 0 Å². The lowest BCUT2D eigenvalue weighted by atomic mass is 10.2. The van der Waals surface area contributed by atoms with E-state index in [0.29, 0.717) is 11.3 Å². The number of imidazole rings is 1. The molecule has 2 aromatic heterocycles. The second kappa shape index (κ2) is 6.64. The lowest BCUT2D eigenvalue weighted by molar-refractivity contribution is 0.0945. The first kappa shape index (κ1) is 15.9. The average Bonchev–Trinajstić information content (AvgIpc) is 3.16. The number of hydrogen-bond donors (Lipinski definition) is 0. The Morgan fingerprint density at radius 3 is 2.91 bits per heavy atom. The van der Waals surface area contributed by atoms with Crippen LogP contribution in [0.25, 0.3) is 0 Å². The number of nitrogens with zero attached hydrogens (tertiary/aromatic N) is 4. The van der Waals surface area contributed by atoms with Gasteiger partial charge in [0.05, 0.1) is 24.0 Å². The maximum Gasteiger partial charge on any atom is 0.168 e. The number of aromatic nitrogens is 4. The van der Waals surface area contributed by atoms with Crippen molar-refractivity contribution in [2.24, 2.45) is 7.05 Å². The fraction of sp³-hybridized carbons (Fsp3) is 0.600. The SMILES string of the molecule is Cc1nc(SCc2cc(Cl)n(C)n2)n(CC2CCCO2)c1C. The summed E-state index contributed by atoms with van der Waals surface area (Å²) in [6, 6.07) is 1.90. The Balaban J connectivity index is 1.73. The molecule has 1 aliphatic heterocycles. The van der Waals surface area contributed by atoms with E-state index in [1.54, 1.807) is 16.4 Å². The monoisotopic (exact) mass is 340 g/mol. The maximum atomic E-state index is 6.04. The van der Waals surface area contributed by atoms with Crippen molar-refractivity contribution in [3.05, 3.63) is 28.3 Å². The fourth-order valence-electron chi connectivity index (χ4n) is 2.65. The van der Waals surface area contributed by atoms with Gasteiger partial charge in [-0.05, 0) is 32.8 Å². The molecule has 1 unspecified atom stereocenters. The number of hydrogen-bond acceptors (Lipinski definition) is 4. The normalized spacial score (nSPS) is 18.3. The van der Waals surface area contributed by atoms with Gasteiger partial charge in [0.25, 0.3) is 0 Å². The van der Waals surface area contributed by atoms with Gasteiger partial charge in [-0.25, -0.2) is 4.98 Å². The van der Waals surface area contributed by atoms with Crippen LogP contribution in [0.1, 0.15) is 29.9 Å². The van der Waals surface area contributed by atoms with Gasteiger partial charge in [0, 0.05) is 25.1 Å². The molecule has 3 heterocycles. The number of ether oxygens (including phenoxy) is 1. The zero-order valence-corrected chi connectivity index (χ0v) is 14.7. The molecule has 1 aliphatic rings. The van der Waals surface area contributed by atoms with E-state index in [1.165, 1.54) is 5.69 Å². The average molecular weight is 341 g/mol. The molecule has 0 radical (unpaired) electrons. The van der Waals surface area contributed by atoms with Crippen molar-refractivity contribution in [3.8, 4) is 0 Å². The molecule has 1 saturated heterocycles. The number of halogens is 1. The first-order valence-electron chi connectivity index (χ1n) is 7.51. The van der Waals surface area contributed by atoms with Crippen LogP contribution in [0.5, 0.6) is 0 Å². The molecular formula is C15H21ClN4OS. The van der Waals surface area contributed by atoms with E-state index >= 15 is 0 Å². The topological polar surface area (TPSA) is 44.9 Å². The summed E-state index contributed by atoms with van der Waals surface area (Å²) in [4.78, 5) is 4.70. The molecule has 0 amide bonds. The van der Waals surface area contributed by atoms with Crippen molar-refractivity contribution >= 4 is 23.4 Å². The molecule has 120 valence electrons. The van der Waals surface area contributed by atoms with Crippen LogP contribution in [0, 0.1) is 13.8 Å². The summed E-state index contributed by atoms with van der Waals surface area (Å²) in [6.07, 6.45) is 2.61. The molecule has 0 aliphatic carbocycles. The molecule has 0 aromatic carbocycles. The van der Waals surface area contributed by atoms with Crippen molar-refractivity contribution in [3.63, 3.8) is 0 Å². The molecule has 22 heavy (non-hydrogen) atoms. The van der Waals surface area contributed by atoms with Crippen LogP contribution >= 0.6 is 23.4 Å². The van der Waals surface area contributed by atoms with Crippen LogP contribution < -0.4 is 0 Å². The largest absolute Gasteiger partial charge is 0.376 e. The van der Waals surface area contributed by atoms with Gasteiger partial charge < -0.3 is 9.30 Å². The number of thioether (sulfide) groups is 1. The molecule has 1 atom stereocenters. The smallest absolute Gasteiger partial charge is 0.168 e. The van der Waals surface area contributed by atoms with Crippen molar-refractivity contribution in [2.45, 2.75) is 50.2 Å². The zero-order valence-electron chi connectivity index (χ0n) is 13.2. The van der Waals surface area contributed by atoms with Gasteiger partial charge >= 0.3 is 0 Å². The number of aryl methyl sites for hydroxylation is 2. The second-order valence-corrected chi connectivity index (χ2v) is 7.01. The van der Waals surface area contributed by atoms with Crippen LogP contribution in [-0.2, 0) is 24.1 Å². The van der Waals surface area contributed by atoms with Gasteiger partial charge in [-0.2, -0.15) is 5.10 Å². The molecule has 0 bridgehead atoms. The van der Waals surface area contributed by atoms with E-state index in [9.17, 15) is 0 Å². The van der Waals surface area contributed by atoms with Crippen molar-refractivity contribution in [1.82, 2.24) is 19.3 Å². The Hall–Kier alpha value is -0.980. The summed E-state index contributed by atoms with van der Waals surface area (Å²) in [5.41, 5.74) is 3.27. The Bertz CT molecular complexity index is 641. The van der Waals surface area contributed by atoms with E-state index < -0.39 is 0 Å². The molecule has 0 N–H and O–H groups in total. The van der Waals surface area contributed by atoms with E-state index in [2.05, 4.69) is 23.5 Å². The lowest BCUT2D eigenvalue weighted by Gasteiger charge is -2.14. The summed E-state index contributed by atoms with van der Waals surface area (Å²) in [6.45, 7) is 5.95. The van der Waals surface area contributed by atoms with Gasteiger partial charge in [0.15, 0.2) is 5.16 Å². The van der Waals surface area contributed by atoms with Crippen LogP contribution in [0.4, 0.5) is 0 Å². The minimum absolute atomic E-state index is 0.316. The fourth-order valence-corrected chi connectivity index (χ4v) is 3.80. The Kier molecular flexibility index (Phi) is 4.80. The standard InChI is InChI=1S/C15H21ClN4OS/c1-10-11(2)20(8-13-5-4-6-21-13)15(17-10)22-9-12-7-14(16)19(3)18-12/h7,13H,4-6,8-9H2,1-3H3. The predicted molar refractivity (Wildman–Crippen MR) is 88.5 cm³/mol. The Morgan fingerprint density at radius 1 is 1.45 bits per heavy atom. The first-order valence-corrected chi connectivity index (χ1v) is 8.87. The Labute approximate surface area is 140 Å².